The lowest BCUT2D eigenvalue weighted by Gasteiger charge is -2.17. The summed E-state index contributed by atoms with van der Waals surface area (Å²) >= 11 is 5.34. The fourth-order valence-corrected chi connectivity index (χ4v) is 3.10. The number of nitrogens with one attached hydrogen (secondary N) is 1. The van der Waals surface area contributed by atoms with E-state index in [2.05, 4.69) is 4.98 Å². The van der Waals surface area contributed by atoms with Crippen LogP contribution in [0.5, 0.6) is 5.75 Å². The molecule has 0 saturated heterocycles. The van der Waals surface area contributed by atoms with Crippen LogP contribution in [-0.2, 0) is 0 Å². The molecule has 128 valence electrons. The molecular formula is C18H16N2O4S. The highest BCUT2D eigenvalue weighted by Gasteiger charge is 2.15. The maximum Gasteiger partial charge on any atom is 0.335 e. The van der Waals surface area contributed by atoms with Crippen molar-refractivity contribution in [1.29, 1.82) is 0 Å². The lowest BCUT2D eigenvalue weighted by Crippen LogP contribution is -2.26. The van der Waals surface area contributed by atoms with E-state index in [1.54, 1.807) is 7.11 Å². The summed E-state index contributed by atoms with van der Waals surface area (Å²) in [6.45, 7) is 1.88. The number of ether oxygens (including phenoxy) is 1. The zero-order chi connectivity index (χ0) is 18.1. The molecule has 0 saturated carbocycles. The largest absolute Gasteiger partial charge is 0.497 e. The first-order valence-electron chi connectivity index (χ1n) is 7.58. The van der Waals surface area contributed by atoms with Crippen molar-refractivity contribution in [3.05, 3.63) is 68.7 Å². The van der Waals surface area contributed by atoms with Gasteiger partial charge in [0.05, 0.1) is 29.6 Å². The van der Waals surface area contributed by atoms with Gasteiger partial charge < -0.3 is 14.8 Å². The number of methoxy groups -OCH3 is 1. The molecule has 6 nitrogen and oxygen atoms in total. The predicted molar refractivity (Wildman–Crippen MR) is 97.2 cm³/mol. The van der Waals surface area contributed by atoms with Crippen molar-refractivity contribution in [2.24, 2.45) is 0 Å². The molecule has 0 spiro atoms. The number of nitrogens with zero attached hydrogens (tertiary/aromatic N) is 1. The molecule has 0 amide bonds. The first-order valence-corrected chi connectivity index (χ1v) is 7.99. The van der Waals surface area contributed by atoms with Crippen LogP contribution in [0.4, 0.5) is 0 Å². The first-order chi connectivity index (χ1) is 11.9. The highest BCUT2D eigenvalue weighted by Crippen LogP contribution is 2.21. The summed E-state index contributed by atoms with van der Waals surface area (Å²) in [4.78, 5) is 26.9. The van der Waals surface area contributed by atoms with Crippen LogP contribution in [0.3, 0.4) is 0 Å². The minimum atomic E-state index is -1.06. The molecule has 2 aromatic carbocycles. The Morgan fingerprint density at radius 3 is 2.52 bits per heavy atom. The maximum atomic E-state index is 12.9. The van der Waals surface area contributed by atoms with Gasteiger partial charge in [-0.2, -0.15) is 0 Å². The highest BCUT2D eigenvalue weighted by molar-refractivity contribution is 7.71. The van der Waals surface area contributed by atoms with Crippen molar-refractivity contribution >= 4 is 29.1 Å². The minimum Gasteiger partial charge on any atom is -0.497 e. The van der Waals surface area contributed by atoms with Gasteiger partial charge in [-0.25, -0.2) is 4.79 Å². The monoisotopic (exact) mass is 356 g/mol. The molecule has 1 aromatic heterocycles. The van der Waals surface area contributed by atoms with Crippen molar-refractivity contribution in [3.8, 4) is 5.75 Å². The number of H-pyrrole nitrogens is 1. The number of rotatable bonds is 4. The van der Waals surface area contributed by atoms with Crippen LogP contribution in [0.15, 0.2) is 47.3 Å². The number of carboxylic acids is 1. The molecule has 3 aromatic rings. The van der Waals surface area contributed by atoms with Gasteiger partial charge in [-0.05, 0) is 55.0 Å². The third-order valence-electron chi connectivity index (χ3n) is 4.16. The van der Waals surface area contributed by atoms with Crippen molar-refractivity contribution in [1.82, 2.24) is 9.55 Å². The Labute approximate surface area is 148 Å². The Morgan fingerprint density at radius 1 is 1.24 bits per heavy atom. The van der Waals surface area contributed by atoms with Crippen LogP contribution < -0.4 is 10.3 Å². The highest BCUT2D eigenvalue weighted by atomic mass is 32.1. The van der Waals surface area contributed by atoms with Gasteiger partial charge in [0.15, 0.2) is 4.77 Å². The molecule has 3 rings (SSSR count). The smallest absolute Gasteiger partial charge is 0.335 e. The molecule has 1 heterocycles. The lowest BCUT2D eigenvalue weighted by atomic mass is 10.1. The van der Waals surface area contributed by atoms with E-state index in [-0.39, 0.29) is 21.9 Å². The van der Waals surface area contributed by atoms with Gasteiger partial charge >= 0.3 is 5.97 Å². The summed E-state index contributed by atoms with van der Waals surface area (Å²) in [5.41, 5.74) is 1.15. The maximum absolute atomic E-state index is 12.9. The average Bonchev–Trinajstić information content (AvgIpc) is 2.61. The van der Waals surface area contributed by atoms with E-state index in [1.165, 1.54) is 22.8 Å². The van der Waals surface area contributed by atoms with E-state index < -0.39 is 5.97 Å². The Bertz CT molecular complexity index is 1070. The van der Waals surface area contributed by atoms with Gasteiger partial charge in [-0.1, -0.05) is 12.1 Å². The van der Waals surface area contributed by atoms with Crippen LogP contribution in [-0.4, -0.2) is 27.7 Å². The van der Waals surface area contributed by atoms with Gasteiger partial charge in [0.2, 0.25) is 0 Å². The summed E-state index contributed by atoms with van der Waals surface area (Å²) < 4.78 is 6.87. The molecule has 1 atom stereocenters. The number of aromatic amines is 1. The molecule has 1 unspecified atom stereocenters. The molecule has 0 aliphatic carbocycles. The second-order valence-corrected chi connectivity index (χ2v) is 6.01. The van der Waals surface area contributed by atoms with Crippen molar-refractivity contribution in [2.75, 3.05) is 7.11 Å². The number of carboxylic acid groups (broad SMARTS) is 1. The predicted octanol–water partition coefficient (Wildman–Crippen LogP) is 3.38. The fraction of sp³-hybridized carbons (Fsp3) is 0.167. The van der Waals surface area contributed by atoms with Gasteiger partial charge in [0.1, 0.15) is 5.75 Å². The van der Waals surface area contributed by atoms with E-state index in [9.17, 15) is 9.59 Å². The number of hydrogen-bond donors (Lipinski definition) is 2. The van der Waals surface area contributed by atoms with Gasteiger partial charge in [0, 0.05) is 0 Å². The number of fused-ring (bicyclic) bond motifs is 1. The van der Waals surface area contributed by atoms with Crippen molar-refractivity contribution in [2.45, 2.75) is 13.0 Å². The van der Waals surface area contributed by atoms with E-state index in [4.69, 9.17) is 22.1 Å². The second-order valence-electron chi connectivity index (χ2n) is 5.62. The van der Waals surface area contributed by atoms with E-state index >= 15 is 0 Å². The molecular weight excluding hydrogens is 340 g/mol. The number of benzene rings is 2. The summed E-state index contributed by atoms with van der Waals surface area (Å²) in [6, 6.07) is 11.4. The van der Waals surface area contributed by atoms with Crippen molar-refractivity contribution < 1.29 is 14.6 Å². The molecule has 0 aliphatic rings. The molecule has 0 aliphatic heterocycles. The van der Waals surface area contributed by atoms with Gasteiger partial charge in [0.25, 0.3) is 5.56 Å². The van der Waals surface area contributed by atoms with Gasteiger partial charge in [-0.15, -0.1) is 0 Å². The average molecular weight is 356 g/mol. The van der Waals surface area contributed by atoms with Crippen LogP contribution in [0.2, 0.25) is 0 Å². The number of carbonyl (C=O) groups is 1. The van der Waals surface area contributed by atoms with Crippen LogP contribution >= 0.6 is 12.2 Å². The number of aromatic carboxylic acids is 1. The van der Waals surface area contributed by atoms with E-state index in [0.29, 0.717) is 10.9 Å². The third kappa shape index (κ3) is 3.06. The standard InChI is InChI=1S/C18H16N2O4S/c1-10(11-3-6-13(24-2)7-4-11)20-16(21)14-8-5-12(17(22)23)9-15(14)19-18(20)25/h3-10H,1-2H3,(H,19,25)(H,22,23). The lowest BCUT2D eigenvalue weighted by molar-refractivity contribution is 0.0697. The Kier molecular flexibility index (Phi) is 4.41. The Hall–Kier alpha value is -2.93. The van der Waals surface area contributed by atoms with Crippen LogP contribution in [0, 0.1) is 4.77 Å². The zero-order valence-electron chi connectivity index (χ0n) is 13.6. The normalized spacial score (nSPS) is 12.1. The van der Waals surface area contributed by atoms with Crippen molar-refractivity contribution in [3.63, 3.8) is 0 Å². The van der Waals surface area contributed by atoms with Crippen LogP contribution in [0.25, 0.3) is 10.9 Å². The second kappa shape index (κ2) is 6.52. The number of aromatic nitrogens is 2. The summed E-state index contributed by atoms with van der Waals surface area (Å²) in [5, 5.41) is 9.47. The summed E-state index contributed by atoms with van der Waals surface area (Å²) in [7, 11) is 1.59. The molecule has 7 heteroatoms. The van der Waals surface area contributed by atoms with Gasteiger partial charge in [-0.3, -0.25) is 9.36 Å². The molecule has 0 radical (unpaired) electrons. The Balaban J connectivity index is 2.15. The third-order valence-corrected chi connectivity index (χ3v) is 4.46. The Morgan fingerprint density at radius 2 is 1.92 bits per heavy atom. The quantitative estimate of drug-likeness (QED) is 0.700. The first kappa shape index (κ1) is 16.9. The van der Waals surface area contributed by atoms with Crippen LogP contribution in [0.1, 0.15) is 28.9 Å². The minimum absolute atomic E-state index is 0.0958. The molecule has 2 N–H and O–H groups in total. The molecule has 0 fully saturated rings. The summed E-state index contributed by atoms with van der Waals surface area (Å²) in [6.07, 6.45) is 0. The number of hydrogen-bond acceptors (Lipinski definition) is 4. The molecule has 0 bridgehead atoms. The molecule has 25 heavy (non-hydrogen) atoms. The topological polar surface area (TPSA) is 84.3 Å². The van der Waals surface area contributed by atoms with E-state index in [0.717, 1.165) is 11.3 Å². The summed E-state index contributed by atoms with van der Waals surface area (Å²) in [5.74, 6) is -0.329. The van der Waals surface area contributed by atoms with E-state index in [1.807, 2.05) is 31.2 Å². The zero-order valence-corrected chi connectivity index (χ0v) is 14.5. The SMILES string of the molecule is COc1ccc(C(C)n2c(=S)[nH]c3cc(C(=O)O)ccc3c2=O)cc1. The fourth-order valence-electron chi connectivity index (χ4n) is 2.75.